The van der Waals surface area contributed by atoms with Gasteiger partial charge < -0.3 is 29.3 Å². The molecule has 0 aliphatic heterocycles. The smallest absolute Gasteiger partial charge is 0.145 e. The molecule has 2 N–H and O–H groups in total. The molecular weight excluding hydrogens is 699 g/mol. The number of rotatable bonds is 8. The van der Waals surface area contributed by atoms with Gasteiger partial charge >= 0.3 is 0 Å². The average Bonchev–Trinajstić information content (AvgIpc) is 3.93. The molecule has 0 aliphatic rings. The first-order valence-corrected chi connectivity index (χ1v) is 19.1. The third-order valence-electron chi connectivity index (χ3n) is 11.4. The summed E-state index contributed by atoms with van der Waals surface area (Å²) in [6.07, 6.45) is 2.87. The molecule has 3 heterocycles. The Bertz CT molecular complexity index is 3320. The van der Waals surface area contributed by atoms with Gasteiger partial charge in [-0.25, -0.2) is 0 Å². The van der Waals surface area contributed by atoms with E-state index in [0.717, 1.165) is 99.4 Å². The van der Waals surface area contributed by atoms with Crippen LogP contribution < -0.4 is 4.90 Å². The minimum atomic E-state index is 0.694. The summed E-state index contributed by atoms with van der Waals surface area (Å²) in [7, 11) is 0. The molecule has 57 heavy (non-hydrogen) atoms. The molecule has 6 nitrogen and oxygen atoms in total. The lowest BCUT2D eigenvalue weighted by atomic mass is 10.1. The molecule has 0 radical (unpaired) electrons. The van der Waals surface area contributed by atoms with E-state index in [1.165, 1.54) is 18.0 Å². The van der Waals surface area contributed by atoms with Gasteiger partial charge in [-0.15, -0.1) is 0 Å². The predicted molar refractivity (Wildman–Crippen MR) is 237 cm³/mol. The highest BCUT2D eigenvalue weighted by Crippen LogP contribution is 2.43. The van der Waals surface area contributed by atoms with Crippen LogP contribution in [0, 0.1) is 10.8 Å². The van der Waals surface area contributed by atoms with Crippen LogP contribution in [0.3, 0.4) is 0 Å². The van der Waals surface area contributed by atoms with E-state index in [9.17, 15) is 0 Å². The largest absolute Gasteiger partial charge is 0.455 e. The number of nitrogens with one attached hydrogen (secondary N) is 2. The van der Waals surface area contributed by atoms with Gasteiger partial charge in [0.15, 0.2) is 0 Å². The van der Waals surface area contributed by atoms with Crippen molar-refractivity contribution >= 4 is 89.4 Å². The van der Waals surface area contributed by atoms with Gasteiger partial charge in [0.25, 0.3) is 0 Å². The molecule has 0 saturated heterocycles. The maximum atomic E-state index is 8.85. The van der Waals surface area contributed by atoms with Crippen molar-refractivity contribution in [3.05, 3.63) is 193 Å². The van der Waals surface area contributed by atoms with Gasteiger partial charge in [-0.05, 0) is 78.4 Å². The second-order valence-corrected chi connectivity index (χ2v) is 14.5. The van der Waals surface area contributed by atoms with Crippen LogP contribution in [0.15, 0.2) is 180 Å². The molecule has 0 saturated carbocycles. The number of furan rings is 1. The van der Waals surface area contributed by atoms with Crippen LogP contribution in [0.1, 0.15) is 16.7 Å². The lowest BCUT2D eigenvalue weighted by molar-refractivity contribution is 0.673. The Morgan fingerprint density at radius 3 is 1.67 bits per heavy atom. The third kappa shape index (κ3) is 5.04. The zero-order valence-corrected chi connectivity index (χ0v) is 30.9. The molecular formula is C51H35N5O. The van der Waals surface area contributed by atoms with Crippen molar-refractivity contribution in [2.75, 3.05) is 4.90 Å². The molecule has 0 unspecified atom stereocenters. The topological polar surface area (TPSA) is 73.9 Å². The molecule has 0 atom stereocenters. The Labute approximate surface area is 328 Å². The standard InChI is InChI=1S/C51H35N5O/c52-30-34-28-48(35(31-53)27-47(34)55-43-20-10-7-17-38(43)39-18-8-11-21-44(39)55)56-45-25-23-37(54(36-15-5-2-6-16-36)32-33-13-3-1-4-14-33)29-42(45)50-46(56)26-24-41-40-19-9-12-22-49(40)57-51(41)50/h1-31,52-53H,32H2. The summed E-state index contributed by atoms with van der Waals surface area (Å²) < 4.78 is 11.2. The first kappa shape index (κ1) is 32.7. The normalized spacial score (nSPS) is 11.7. The summed E-state index contributed by atoms with van der Waals surface area (Å²) in [6.45, 7) is 0.694. The highest BCUT2D eigenvalue weighted by Gasteiger charge is 2.23. The van der Waals surface area contributed by atoms with Crippen molar-refractivity contribution in [1.29, 1.82) is 10.8 Å². The Hall–Kier alpha value is -7.70. The summed E-state index contributed by atoms with van der Waals surface area (Å²) in [6, 6.07) is 61.2. The number of benzene rings is 8. The fourth-order valence-electron chi connectivity index (χ4n) is 8.82. The van der Waals surface area contributed by atoms with Crippen molar-refractivity contribution in [3.63, 3.8) is 0 Å². The monoisotopic (exact) mass is 733 g/mol. The lowest BCUT2D eigenvalue weighted by Crippen LogP contribution is -2.16. The molecule has 11 aromatic rings. The zero-order valence-electron chi connectivity index (χ0n) is 30.9. The number of nitrogens with zero attached hydrogens (tertiary/aromatic N) is 3. The van der Waals surface area contributed by atoms with E-state index in [-0.39, 0.29) is 0 Å². The quantitative estimate of drug-likeness (QED) is 0.153. The SMILES string of the molecule is N=Cc1cc(-n2c3ccc(N(Cc4ccccc4)c4ccccc4)cc3c3c4oc5ccccc5c4ccc32)c(C=N)cc1-n1c2ccccc2c2ccccc21. The highest BCUT2D eigenvalue weighted by atomic mass is 16.3. The number of hydrogen-bond donors (Lipinski definition) is 2. The molecule has 0 amide bonds. The van der Waals surface area contributed by atoms with Gasteiger partial charge in [0.05, 0.1) is 38.8 Å². The van der Waals surface area contributed by atoms with Crippen molar-refractivity contribution in [2.24, 2.45) is 0 Å². The Kier molecular flexibility index (Phi) is 7.44. The van der Waals surface area contributed by atoms with Gasteiger partial charge in [0.2, 0.25) is 0 Å². The number of aromatic nitrogens is 2. The number of anilines is 2. The lowest BCUT2D eigenvalue weighted by Gasteiger charge is -2.25. The van der Waals surface area contributed by atoms with Crippen LogP contribution in [0.2, 0.25) is 0 Å². The minimum Gasteiger partial charge on any atom is -0.455 e. The van der Waals surface area contributed by atoms with E-state index in [1.54, 1.807) is 0 Å². The fraction of sp³-hybridized carbons (Fsp3) is 0.0196. The van der Waals surface area contributed by atoms with Crippen molar-refractivity contribution in [1.82, 2.24) is 9.13 Å². The first-order valence-electron chi connectivity index (χ1n) is 19.1. The maximum absolute atomic E-state index is 8.85. The Morgan fingerprint density at radius 2 is 1.00 bits per heavy atom. The van der Waals surface area contributed by atoms with E-state index in [2.05, 4.69) is 178 Å². The Morgan fingerprint density at radius 1 is 0.456 bits per heavy atom. The molecule has 270 valence electrons. The van der Waals surface area contributed by atoms with Crippen molar-refractivity contribution < 1.29 is 4.42 Å². The number of para-hydroxylation sites is 4. The second-order valence-electron chi connectivity index (χ2n) is 14.5. The Balaban J connectivity index is 1.20. The molecule has 0 bridgehead atoms. The maximum Gasteiger partial charge on any atom is 0.145 e. The van der Waals surface area contributed by atoms with Crippen LogP contribution in [-0.2, 0) is 6.54 Å². The van der Waals surface area contributed by atoms with Crippen LogP contribution in [0.4, 0.5) is 11.4 Å². The van der Waals surface area contributed by atoms with Crippen LogP contribution in [-0.4, -0.2) is 21.6 Å². The molecule has 6 heteroatoms. The van der Waals surface area contributed by atoms with Crippen LogP contribution in [0.25, 0.3) is 76.9 Å². The summed E-state index contributed by atoms with van der Waals surface area (Å²) >= 11 is 0. The third-order valence-corrected chi connectivity index (χ3v) is 11.4. The highest BCUT2D eigenvalue weighted by molar-refractivity contribution is 6.24. The summed E-state index contributed by atoms with van der Waals surface area (Å²) in [5, 5.41) is 24.1. The zero-order chi connectivity index (χ0) is 38.0. The van der Waals surface area contributed by atoms with Crippen molar-refractivity contribution in [2.45, 2.75) is 6.54 Å². The second kappa shape index (κ2) is 13.0. The van der Waals surface area contributed by atoms with Gasteiger partial charge in [0.1, 0.15) is 11.2 Å². The van der Waals surface area contributed by atoms with Crippen molar-refractivity contribution in [3.8, 4) is 11.4 Å². The number of hydrogen-bond acceptors (Lipinski definition) is 4. The number of fused-ring (bicyclic) bond motifs is 10. The van der Waals surface area contributed by atoms with Crippen LogP contribution in [0.5, 0.6) is 0 Å². The average molecular weight is 734 g/mol. The summed E-state index contributed by atoms with van der Waals surface area (Å²) in [5.41, 5.74) is 12.2. The van der Waals surface area contributed by atoms with E-state index in [4.69, 9.17) is 15.2 Å². The molecule has 3 aromatic heterocycles. The molecule has 0 spiro atoms. The summed E-state index contributed by atoms with van der Waals surface area (Å²) in [5.74, 6) is 0. The van der Waals surface area contributed by atoms with Gasteiger partial charge in [-0.2, -0.15) is 0 Å². The molecule has 0 fully saturated rings. The molecule has 11 rings (SSSR count). The van der Waals surface area contributed by atoms with E-state index in [1.807, 2.05) is 12.1 Å². The van der Waals surface area contributed by atoms with Gasteiger partial charge in [-0.1, -0.05) is 103 Å². The van der Waals surface area contributed by atoms with E-state index in [0.29, 0.717) is 6.54 Å². The van der Waals surface area contributed by atoms with Gasteiger partial charge in [0, 0.05) is 68.4 Å². The fourth-order valence-corrected chi connectivity index (χ4v) is 8.82. The first-order chi connectivity index (χ1) is 28.2. The van der Waals surface area contributed by atoms with Crippen LogP contribution >= 0.6 is 0 Å². The predicted octanol–water partition coefficient (Wildman–Crippen LogP) is 13.1. The van der Waals surface area contributed by atoms with E-state index < -0.39 is 0 Å². The molecule has 0 aliphatic carbocycles. The molecule has 8 aromatic carbocycles. The summed E-state index contributed by atoms with van der Waals surface area (Å²) in [4.78, 5) is 2.35. The van der Waals surface area contributed by atoms with Gasteiger partial charge in [-0.3, -0.25) is 0 Å². The van der Waals surface area contributed by atoms with E-state index >= 15 is 0 Å². The minimum absolute atomic E-state index is 0.694.